The standard InChI is InChI=1S/C15H23NO4/c1-6-8-11-12(14(17)19-5)9(3)16-10(4)13(11)15(18)20-7-2/h11-12H,6-8H2,1-5H3/t11-,12?/m1/s1. The van der Waals surface area contributed by atoms with E-state index in [9.17, 15) is 9.59 Å². The highest BCUT2D eigenvalue weighted by atomic mass is 16.5. The third-order valence-electron chi connectivity index (χ3n) is 3.51. The summed E-state index contributed by atoms with van der Waals surface area (Å²) in [6.07, 6.45) is 1.58. The molecule has 0 radical (unpaired) electrons. The first kappa shape index (κ1) is 16.4. The van der Waals surface area contributed by atoms with Gasteiger partial charge in [-0.15, -0.1) is 0 Å². The molecule has 2 atom stereocenters. The van der Waals surface area contributed by atoms with E-state index in [1.165, 1.54) is 7.11 Å². The molecule has 5 heteroatoms. The van der Waals surface area contributed by atoms with Gasteiger partial charge < -0.3 is 9.47 Å². The van der Waals surface area contributed by atoms with Crippen molar-refractivity contribution in [2.45, 2.75) is 40.5 Å². The maximum Gasteiger partial charge on any atom is 0.336 e. The van der Waals surface area contributed by atoms with Gasteiger partial charge in [0.2, 0.25) is 0 Å². The highest BCUT2D eigenvalue weighted by Crippen LogP contribution is 2.35. The minimum absolute atomic E-state index is 0.219. The van der Waals surface area contributed by atoms with Gasteiger partial charge in [0, 0.05) is 17.3 Å². The molecule has 0 aliphatic carbocycles. The number of ether oxygens (including phenoxy) is 2. The SMILES string of the molecule is CCC[C@H]1C(C(=O)OCC)=C(C)N=C(C)C1C(=O)OC. The zero-order chi connectivity index (χ0) is 15.3. The van der Waals surface area contributed by atoms with Crippen molar-refractivity contribution in [1.29, 1.82) is 0 Å². The van der Waals surface area contributed by atoms with E-state index in [1.807, 2.05) is 6.92 Å². The van der Waals surface area contributed by atoms with Gasteiger partial charge in [-0.1, -0.05) is 13.3 Å². The fourth-order valence-corrected chi connectivity index (χ4v) is 2.71. The number of allylic oxidation sites excluding steroid dienone is 1. The Morgan fingerprint density at radius 2 is 1.90 bits per heavy atom. The minimum atomic E-state index is -0.497. The van der Waals surface area contributed by atoms with Crippen LogP contribution >= 0.6 is 0 Å². The fourth-order valence-electron chi connectivity index (χ4n) is 2.71. The summed E-state index contributed by atoms with van der Waals surface area (Å²) in [5.74, 6) is -1.44. The Morgan fingerprint density at radius 3 is 2.40 bits per heavy atom. The predicted octanol–water partition coefficient (Wildman–Crippen LogP) is 2.50. The summed E-state index contributed by atoms with van der Waals surface area (Å²) in [7, 11) is 1.35. The van der Waals surface area contributed by atoms with Crippen molar-refractivity contribution in [1.82, 2.24) is 0 Å². The molecular weight excluding hydrogens is 258 g/mol. The lowest BCUT2D eigenvalue weighted by atomic mass is 9.77. The molecule has 0 aromatic carbocycles. The smallest absolute Gasteiger partial charge is 0.336 e. The highest BCUT2D eigenvalue weighted by molar-refractivity contribution is 6.05. The highest BCUT2D eigenvalue weighted by Gasteiger charge is 2.40. The van der Waals surface area contributed by atoms with Gasteiger partial charge in [0.15, 0.2) is 0 Å². The molecule has 20 heavy (non-hydrogen) atoms. The Kier molecular flexibility index (Phi) is 5.92. The lowest BCUT2D eigenvalue weighted by Crippen LogP contribution is -2.37. The van der Waals surface area contributed by atoms with Crippen molar-refractivity contribution in [2.75, 3.05) is 13.7 Å². The second-order valence-corrected chi connectivity index (χ2v) is 4.87. The summed E-state index contributed by atoms with van der Waals surface area (Å²) in [6.45, 7) is 7.67. The van der Waals surface area contributed by atoms with Crippen LogP contribution in [0.4, 0.5) is 0 Å². The van der Waals surface area contributed by atoms with E-state index in [0.29, 0.717) is 23.6 Å². The molecule has 0 amide bonds. The topological polar surface area (TPSA) is 65.0 Å². The van der Waals surface area contributed by atoms with Gasteiger partial charge in [-0.2, -0.15) is 0 Å². The van der Waals surface area contributed by atoms with Crippen LogP contribution in [-0.4, -0.2) is 31.4 Å². The maximum absolute atomic E-state index is 12.2. The number of nitrogens with zero attached hydrogens (tertiary/aromatic N) is 1. The van der Waals surface area contributed by atoms with Crippen LogP contribution in [0.2, 0.25) is 0 Å². The Labute approximate surface area is 120 Å². The molecule has 0 bridgehead atoms. The molecule has 5 nitrogen and oxygen atoms in total. The van der Waals surface area contributed by atoms with Gasteiger partial charge >= 0.3 is 11.9 Å². The molecule has 0 fully saturated rings. The lowest BCUT2D eigenvalue weighted by Gasteiger charge is -2.30. The molecule has 1 rings (SSSR count). The van der Waals surface area contributed by atoms with Crippen molar-refractivity contribution in [3.05, 3.63) is 11.3 Å². The monoisotopic (exact) mass is 281 g/mol. The van der Waals surface area contributed by atoms with Crippen LogP contribution in [0.15, 0.2) is 16.3 Å². The molecule has 1 aliphatic rings. The van der Waals surface area contributed by atoms with Crippen LogP contribution < -0.4 is 0 Å². The van der Waals surface area contributed by atoms with Crippen LogP contribution in [0.5, 0.6) is 0 Å². The average Bonchev–Trinajstić information content (AvgIpc) is 2.38. The van der Waals surface area contributed by atoms with Crippen molar-refractivity contribution >= 4 is 17.7 Å². The average molecular weight is 281 g/mol. The Bertz CT molecular complexity index is 451. The van der Waals surface area contributed by atoms with Crippen molar-refractivity contribution in [3.8, 4) is 0 Å². The van der Waals surface area contributed by atoms with Crippen LogP contribution in [0.25, 0.3) is 0 Å². The summed E-state index contributed by atoms with van der Waals surface area (Å²) >= 11 is 0. The van der Waals surface area contributed by atoms with Gasteiger partial charge in [-0.05, 0) is 27.2 Å². The number of hydrogen-bond acceptors (Lipinski definition) is 5. The number of carbonyl (C=O) groups is 2. The first-order valence-electron chi connectivity index (χ1n) is 6.98. The lowest BCUT2D eigenvalue weighted by molar-refractivity contribution is -0.145. The van der Waals surface area contributed by atoms with E-state index in [4.69, 9.17) is 9.47 Å². The summed E-state index contributed by atoms with van der Waals surface area (Å²) in [5, 5.41) is 0. The molecule has 0 aromatic heterocycles. The Hall–Kier alpha value is -1.65. The van der Waals surface area contributed by atoms with E-state index in [1.54, 1.807) is 20.8 Å². The van der Waals surface area contributed by atoms with Gasteiger partial charge in [0.25, 0.3) is 0 Å². The molecule has 0 spiro atoms. The number of methoxy groups -OCH3 is 1. The second-order valence-electron chi connectivity index (χ2n) is 4.87. The summed E-state index contributed by atoms with van der Waals surface area (Å²) in [4.78, 5) is 28.5. The van der Waals surface area contributed by atoms with Crippen molar-refractivity contribution < 1.29 is 19.1 Å². The van der Waals surface area contributed by atoms with Crippen LogP contribution in [0.3, 0.4) is 0 Å². The largest absolute Gasteiger partial charge is 0.468 e. The van der Waals surface area contributed by atoms with Gasteiger partial charge in [0.1, 0.15) is 5.92 Å². The Morgan fingerprint density at radius 1 is 1.25 bits per heavy atom. The number of rotatable bonds is 5. The van der Waals surface area contributed by atoms with E-state index in [0.717, 1.165) is 12.8 Å². The third-order valence-corrected chi connectivity index (χ3v) is 3.51. The number of esters is 2. The molecule has 0 aromatic rings. The van der Waals surface area contributed by atoms with E-state index < -0.39 is 5.92 Å². The van der Waals surface area contributed by atoms with Crippen LogP contribution in [0.1, 0.15) is 40.5 Å². The maximum atomic E-state index is 12.2. The predicted molar refractivity (Wildman–Crippen MR) is 76.3 cm³/mol. The van der Waals surface area contributed by atoms with Gasteiger partial charge in [0.05, 0.1) is 19.3 Å². The second kappa shape index (κ2) is 7.22. The number of hydrogen-bond donors (Lipinski definition) is 0. The van der Waals surface area contributed by atoms with Crippen molar-refractivity contribution in [2.24, 2.45) is 16.8 Å². The summed E-state index contributed by atoms with van der Waals surface area (Å²) in [6, 6.07) is 0. The molecular formula is C15H23NO4. The van der Waals surface area contributed by atoms with E-state index in [2.05, 4.69) is 4.99 Å². The molecule has 1 heterocycles. The molecule has 0 saturated heterocycles. The zero-order valence-corrected chi connectivity index (χ0v) is 12.9. The first-order chi connectivity index (χ1) is 9.47. The first-order valence-corrected chi connectivity index (χ1v) is 6.98. The van der Waals surface area contributed by atoms with E-state index in [-0.39, 0.29) is 17.9 Å². The molecule has 0 saturated carbocycles. The summed E-state index contributed by atoms with van der Waals surface area (Å²) in [5.41, 5.74) is 1.84. The zero-order valence-electron chi connectivity index (χ0n) is 12.9. The van der Waals surface area contributed by atoms with Crippen LogP contribution in [0, 0.1) is 11.8 Å². The summed E-state index contributed by atoms with van der Waals surface area (Å²) < 4.78 is 9.97. The van der Waals surface area contributed by atoms with Gasteiger partial charge in [-0.3, -0.25) is 9.79 Å². The van der Waals surface area contributed by atoms with Crippen molar-refractivity contribution in [3.63, 3.8) is 0 Å². The molecule has 1 unspecified atom stereocenters. The minimum Gasteiger partial charge on any atom is -0.468 e. The van der Waals surface area contributed by atoms with Gasteiger partial charge in [-0.25, -0.2) is 4.79 Å². The normalized spacial score (nSPS) is 22.4. The van der Waals surface area contributed by atoms with E-state index >= 15 is 0 Å². The molecule has 1 aliphatic heterocycles. The van der Waals surface area contributed by atoms with Crippen LogP contribution in [-0.2, 0) is 19.1 Å². The third kappa shape index (κ3) is 3.26. The quantitative estimate of drug-likeness (QED) is 0.726. The number of aliphatic imine (C=N–C) groups is 1. The molecule has 0 N–H and O–H groups in total. The fraction of sp³-hybridized carbons (Fsp3) is 0.667. The Balaban J connectivity index is 3.25. The number of carbonyl (C=O) groups excluding carboxylic acids is 2. The molecule has 112 valence electrons.